The Hall–Kier alpha value is -1.39. The van der Waals surface area contributed by atoms with Gasteiger partial charge in [-0.1, -0.05) is 18.2 Å². The van der Waals surface area contributed by atoms with E-state index in [4.69, 9.17) is 9.47 Å². The van der Waals surface area contributed by atoms with Gasteiger partial charge in [0.05, 0.1) is 19.8 Å². The van der Waals surface area contributed by atoms with Gasteiger partial charge < -0.3 is 14.4 Å². The van der Waals surface area contributed by atoms with Crippen molar-refractivity contribution in [1.82, 2.24) is 4.90 Å². The van der Waals surface area contributed by atoms with Crippen molar-refractivity contribution in [2.45, 2.75) is 45.4 Å². The summed E-state index contributed by atoms with van der Waals surface area (Å²) in [5.74, 6) is 0.0791. The molecule has 1 aromatic rings. The number of rotatable bonds is 4. The third-order valence-corrected chi connectivity index (χ3v) is 4.29. The van der Waals surface area contributed by atoms with Crippen LogP contribution >= 0.6 is 0 Å². The molecule has 114 valence electrons. The van der Waals surface area contributed by atoms with Gasteiger partial charge in [-0.2, -0.15) is 0 Å². The minimum Gasteiger partial charge on any atom is -0.376 e. The predicted octanol–water partition coefficient (Wildman–Crippen LogP) is 2.21. The molecule has 1 aromatic carbocycles. The molecule has 4 nitrogen and oxygen atoms in total. The Bertz CT molecular complexity index is 519. The lowest BCUT2D eigenvalue weighted by Crippen LogP contribution is -2.46. The van der Waals surface area contributed by atoms with Gasteiger partial charge in [0.15, 0.2) is 6.10 Å². The second kappa shape index (κ2) is 6.16. The van der Waals surface area contributed by atoms with Crippen molar-refractivity contribution in [3.05, 3.63) is 34.9 Å². The zero-order valence-corrected chi connectivity index (χ0v) is 12.8. The average Bonchev–Trinajstić information content (AvgIpc) is 3.33. The molecule has 0 unspecified atom stereocenters. The van der Waals surface area contributed by atoms with E-state index in [-0.39, 0.29) is 5.91 Å². The van der Waals surface area contributed by atoms with Crippen molar-refractivity contribution in [2.24, 2.45) is 0 Å². The van der Waals surface area contributed by atoms with Crippen LogP contribution in [-0.2, 0) is 20.8 Å². The summed E-state index contributed by atoms with van der Waals surface area (Å²) in [6.45, 7) is 6.37. The van der Waals surface area contributed by atoms with Crippen LogP contribution in [0.5, 0.6) is 0 Å². The van der Waals surface area contributed by atoms with Gasteiger partial charge in [-0.15, -0.1) is 0 Å². The molecule has 0 bridgehead atoms. The third kappa shape index (κ3) is 3.44. The number of aryl methyl sites for hydroxylation is 2. The van der Waals surface area contributed by atoms with Gasteiger partial charge in [0.2, 0.25) is 0 Å². The number of hydrogen-bond acceptors (Lipinski definition) is 3. The quantitative estimate of drug-likeness (QED) is 0.853. The van der Waals surface area contributed by atoms with Crippen LogP contribution in [0.3, 0.4) is 0 Å². The van der Waals surface area contributed by atoms with Crippen molar-refractivity contribution in [2.75, 3.05) is 19.8 Å². The summed E-state index contributed by atoms with van der Waals surface area (Å²) in [5.41, 5.74) is 3.75. The molecule has 0 aromatic heterocycles. The molecule has 1 amide bonds. The smallest absolute Gasteiger partial charge is 0.254 e. The summed E-state index contributed by atoms with van der Waals surface area (Å²) in [6.07, 6.45) is 1.78. The molecular weight excluding hydrogens is 266 g/mol. The molecule has 21 heavy (non-hydrogen) atoms. The fourth-order valence-electron chi connectivity index (χ4n) is 2.69. The molecule has 1 heterocycles. The highest BCUT2D eigenvalue weighted by molar-refractivity contribution is 5.81. The van der Waals surface area contributed by atoms with E-state index in [0.29, 0.717) is 32.4 Å². The summed E-state index contributed by atoms with van der Waals surface area (Å²) >= 11 is 0. The fraction of sp³-hybridized carbons (Fsp3) is 0.588. The van der Waals surface area contributed by atoms with Gasteiger partial charge >= 0.3 is 0 Å². The molecule has 1 aliphatic carbocycles. The molecule has 0 radical (unpaired) electrons. The Morgan fingerprint density at radius 1 is 1.24 bits per heavy atom. The molecule has 1 atom stereocenters. The van der Waals surface area contributed by atoms with Crippen LogP contribution < -0.4 is 0 Å². The number of benzene rings is 1. The Balaban J connectivity index is 1.71. The van der Waals surface area contributed by atoms with Crippen molar-refractivity contribution in [1.29, 1.82) is 0 Å². The summed E-state index contributed by atoms with van der Waals surface area (Å²) in [7, 11) is 0. The predicted molar refractivity (Wildman–Crippen MR) is 80.0 cm³/mol. The first-order valence-corrected chi connectivity index (χ1v) is 7.71. The largest absolute Gasteiger partial charge is 0.376 e. The highest BCUT2D eigenvalue weighted by atomic mass is 16.6. The van der Waals surface area contributed by atoms with Crippen LogP contribution in [-0.4, -0.2) is 42.8 Å². The zero-order valence-electron chi connectivity index (χ0n) is 12.8. The Kier molecular flexibility index (Phi) is 4.27. The lowest BCUT2D eigenvalue weighted by molar-refractivity contribution is -0.159. The summed E-state index contributed by atoms with van der Waals surface area (Å²) in [5, 5.41) is 0. The van der Waals surface area contributed by atoms with Crippen LogP contribution in [0.1, 0.15) is 29.5 Å². The number of carbonyl (C=O) groups is 1. The number of amides is 1. The van der Waals surface area contributed by atoms with E-state index in [9.17, 15) is 4.79 Å². The van der Waals surface area contributed by atoms with Gasteiger partial charge in [0, 0.05) is 12.6 Å². The first-order chi connectivity index (χ1) is 10.1. The molecule has 1 saturated carbocycles. The van der Waals surface area contributed by atoms with Gasteiger partial charge in [0.1, 0.15) is 0 Å². The molecule has 2 fully saturated rings. The highest BCUT2D eigenvalue weighted by Crippen LogP contribution is 2.30. The molecule has 0 spiro atoms. The van der Waals surface area contributed by atoms with Gasteiger partial charge in [-0.25, -0.2) is 0 Å². The fourth-order valence-corrected chi connectivity index (χ4v) is 2.69. The minimum absolute atomic E-state index is 0.0791. The molecule has 4 heteroatoms. The topological polar surface area (TPSA) is 38.8 Å². The maximum absolute atomic E-state index is 12.7. The lowest BCUT2D eigenvalue weighted by atomic mass is 10.1. The first-order valence-electron chi connectivity index (χ1n) is 7.71. The number of nitrogens with zero attached hydrogens (tertiary/aromatic N) is 1. The van der Waals surface area contributed by atoms with Gasteiger partial charge in [0.25, 0.3) is 5.91 Å². The Morgan fingerprint density at radius 2 is 2.05 bits per heavy atom. The summed E-state index contributed by atoms with van der Waals surface area (Å²) in [4.78, 5) is 14.6. The number of ether oxygens (including phenoxy) is 2. The SMILES string of the molecule is Cc1ccc(CN(C(=O)[C@@H]2COCCO2)C2CC2)cc1C. The van der Waals surface area contributed by atoms with Crippen LogP contribution in [0.4, 0.5) is 0 Å². The first kappa shape index (κ1) is 14.5. The molecule has 3 rings (SSSR count). The van der Waals surface area contributed by atoms with Gasteiger partial charge in [-0.05, 0) is 43.4 Å². The van der Waals surface area contributed by atoms with Crippen LogP contribution in [0.25, 0.3) is 0 Å². The number of carbonyl (C=O) groups excluding carboxylic acids is 1. The highest BCUT2D eigenvalue weighted by Gasteiger charge is 2.37. The third-order valence-electron chi connectivity index (χ3n) is 4.29. The molecule has 1 saturated heterocycles. The molecule has 0 N–H and O–H groups in total. The van der Waals surface area contributed by atoms with E-state index in [0.717, 1.165) is 12.8 Å². The average molecular weight is 289 g/mol. The summed E-state index contributed by atoms with van der Waals surface area (Å²) < 4.78 is 10.9. The maximum atomic E-state index is 12.7. The van der Waals surface area contributed by atoms with E-state index in [2.05, 4.69) is 32.0 Å². The van der Waals surface area contributed by atoms with E-state index in [1.807, 2.05) is 4.90 Å². The van der Waals surface area contributed by atoms with Crippen LogP contribution in [0.15, 0.2) is 18.2 Å². The normalized spacial score (nSPS) is 22.1. The maximum Gasteiger partial charge on any atom is 0.254 e. The molecular formula is C17H23NO3. The second-order valence-corrected chi connectivity index (χ2v) is 6.05. The van der Waals surface area contributed by atoms with Crippen LogP contribution in [0.2, 0.25) is 0 Å². The zero-order chi connectivity index (χ0) is 14.8. The Morgan fingerprint density at radius 3 is 2.67 bits per heavy atom. The minimum atomic E-state index is -0.425. The van der Waals surface area contributed by atoms with Crippen molar-refractivity contribution < 1.29 is 14.3 Å². The lowest BCUT2D eigenvalue weighted by Gasteiger charge is -2.29. The van der Waals surface area contributed by atoms with Crippen molar-refractivity contribution >= 4 is 5.91 Å². The number of hydrogen-bond donors (Lipinski definition) is 0. The van der Waals surface area contributed by atoms with Gasteiger partial charge in [-0.3, -0.25) is 4.79 Å². The van der Waals surface area contributed by atoms with E-state index in [1.54, 1.807) is 0 Å². The molecule has 1 aliphatic heterocycles. The van der Waals surface area contributed by atoms with E-state index < -0.39 is 6.10 Å². The second-order valence-electron chi connectivity index (χ2n) is 6.05. The standard InChI is InChI=1S/C17H23NO3/c1-12-3-4-14(9-13(12)2)10-18(15-5-6-15)17(19)16-11-20-7-8-21-16/h3-4,9,15-16H,5-8,10-11H2,1-2H3/t16-/m0/s1. The van der Waals surface area contributed by atoms with Crippen molar-refractivity contribution in [3.63, 3.8) is 0 Å². The molecule has 2 aliphatic rings. The Labute approximate surface area is 126 Å². The van der Waals surface area contributed by atoms with Crippen LogP contribution in [0, 0.1) is 13.8 Å². The summed E-state index contributed by atoms with van der Waals surface area (Å²) in [6, 6.07) is 6.80. The van der Waals surface area contributed by atoms with E-state index in [1.165, 1.54) is 16.7 Å². The van der Waals surface area contributed by atoms with Crippen molar-refractivity contribution in [3.8, 4) is 0 Å². The monoisotopic (exact) mass is 289 g/mol. The van der Waals surface area contributed by atoms with E-state index >= 15 is 0 Å².